The minimum absolute atomic E-state index is 0.330. The van der Waals surface area contributed by atoms with Crippen molar-refractivity contribution in [3.05, 3.63) is 83.7 Å². The van der Waals surface area contributed by atoms with Gasteiger partial charge in [0.2, 0.25) is 0 Å². The predicted octanol–water partition coefficient (Wildman–Crippen LogP) is 3.69. The number of hydrogen-bond donors (Lipinski definition) is 1. The second kappa shape index (κ2) is 8.89. The van der Waals surface area contributed by atoms with E-state index in [1.54, 1.807) is 29.4 Å². The van der Waals surface area contributed by atoms with Gasteiger partial charge in [0, 0.05) is 24.4 Å². The number of anilines is 1. The molecule has 0 bridgehead atoms. The molecular weight excluding hydrogens is 406 g/mol. The fourth-order valence-electron chi connectivity index (χ4n) is 3.19. The van der Waals surface area contributed by atoms with Crippen LogP contribution in [0, 0.1) is 13.8 Å². The molecule has 8 heteroatoms. The number of amides is 1. The highest BCUT2D eigenvalue weighted by atomic mass is 16.5. The molecule has 2 heterocycles. The average Bonchev–Trinajstić information content (AvgIpc) is 3.36. The molecule has 162 valence electrons. The maximum Gasteiger partial charge on any atom is 0.342 e. The number of esters is 1. The lowest BCUT2D eigenvalue weighted by Gasteiger charge is -2.09. The van der Waals surface area contributed by atoms with Crippen LogP contribution < -0.4 is 5.32 Å². The number of aromatic nitrogens is 4. The van der Waals surface area contributed by atoms with Crippen LogP contribution in [0.5, 0.6) is 0 Å². The van der Waals surface area contributed by atoms with Gasteiger partial charge in [-0.05, 0) is 26.0 Å². The molecule has 4 rings (SSSR count). The molecule has 2 aromatic heterocycles. The first kappa shape index (κ1) is 21.0. The van der Waals surface area contributed by atoms with E-state index in [4.69, 9.17) is 4.74 Å². The number of nitrogens with one attached hydrogen (secondary N) is 1. The first-order valence-electron chi connectivity index (χ1n) is 10.1. The zero-order valence-corrected chi connectivity index (χ0v) is 18.1. The largest absolute Gasteiger partial charge is 0.452 e. The van der Waals surface area contributed by atoms with Crippen LogP contribution in [0.4, 0.5) is 5.82 Å². The van der Waals surface area contributed by atoms with Crippen LogP contribution in [-0.4, -0.2) is 38.0 Å². The minimum atomic E-state index is -0.595. The maximum absolute atomic E-state index is 12.6. The molecule has 1 amide bonds. The molecule has 0 aliphatic heterocycles. The van der Waals surface area contributed by atoms with Crippen LogP contribution in [-0.2, 0) is 16.6 Å². The number of rotatable bonds is 6. The molecule has 0 saturated carbocycles. The van der Waals surface area contributed by atoms with Crippen LogP contribution in [0.15, 0.2) is 66.9 Å². The molecule has 4 aromatic rings. The van der Waals surface area contributed by atoms with E-state index in [1.165, 1.54) is 6.20 Å². The second-order valence-electron chi connectivity index (χ2n) is 7.42. The van der Waals surface area contributed by atoms with E-state index in [-0.39, 0.29) is 0 Å². The van der Waals surface area contributed by atoms with Gasteiger partial charge in [-0.3, -0.25) is 9.48 Å². The van der Waals surface area contributed by atoms with E-state index < -0.39 is 18.5 Å². The molecule has 0 aliphatic rings. The Kier molecular flexibility index (Phi) is 5.85. The summed E-state index contributed by atoms with van der Waals surface area (Å²) in [5.41, 5.74) is 4.59. The van der Waals surface area contributed by atoms with Gasteiger partial charge >= 0.3 is 5.97 Å². The predicted molar refractivity (Wildman–Crippen MR) is 121 cm³/mol. The summed E-state index contributed by atoms with van der Waals surface area (Å²) in [6.45, 7) is 3.36. The molecule has 0 atom stereocenters. The second-order valence-corrected chi connectivity index (χ2v) is 7.42. The molecular formula is C24H23N5O3. The number of carbonyl (C=O) groups is 2. The van der Waals surface area contributed by atoms with Gasteiger partial charge in [-0.2, -0.15) is 10.2 Å². The third-order valence-corrected chi connectivity index (χ3v) is 5.11. The molecule has 0 radical (unpaired) electrons. The van der Waals surface area contributed by atoms with E-state index in [9.17, 15) is 9.59 Å². The number of hydrogen-bond acceptors (Lipinski definition) is 5. The van der Waals surface area contributed by atoms with Crippen molar-refractivity contribution in [2.45, 2.75) is 13.8 Å². The Bertz CT molecular complexity index is 1260. The zero-order chi connectivity index (χ0) is 22.7. The van der Waals surface area contributed by atoms with Crippen LogP contribution >= 0.6 is 0 Å². The molecule has 1 N–H and O–H groups in total. The Labute approximate surface area is 185 Å². The fourth-order valence-corrected chi connectivity index (χ4v) is 3.19. The van der Waals surface area contributed by atoms with Crippen LogP contribution in [0.2, 0.25) is 0 Å². The summed E-state index contributed by atoms with van der Waals surface area (Å²) in [6, 6.07) is 19.3. The first-order valence-corrected chi connectivity index (χ1v) is 10.1. The third kappa shape index (κ3) is 4.44. The minimum Gasteiger partial charge on any atom is -0.452 e. The Hall–Kier alpha value is -4.20. The maximum atomic E-state index is 12.6. The summed E-state index contributed by atoms with van der Waals surface area (Å²) in [4.78, 5) is 24.8. The summed E-state index contributed by atoms with van der Waals surface area (Å²) in [7, 11) is 1.73. The number of ether oxygens (including phenoxy) is 1. The van der Waals surface area contributed by atoms with Gasteiger partial charge in [0.15, 0.2) is 6.61 Å². The molecule has 2 aromatic carbocycles. The van der Waals surface area contributed by atoms with Crippen molar-refractivity contribution in [2.24, 2.45) is 7.05 Å². The lowest BCUT2D eigenvalue weighted by Crippen LogP contribution is -2.22. The van der Waals surface area contributed by atoms with Gasteiger partial charge in [-0.25, -0.2) is 9.48 Å². The normalized spacial score (nSPS) is 10.7. The van der Waals surface area contributed by atoms with Crippen molar-refractivity contribution in [3.63, 3.8) is 0 Å². The molecule has 0 unspecified atom stereocenters. The van der Waals surface area contributed by atoms with Crippen LogP contribution in [0.1, 0.15) is 21.6 Å². The van der Waals surface area contributed by atoms with Gasteiger partial charge in [-0.15, -0.1) is 0 Å². The molecule has 0 aliphatic carbocycles. The highest BCUT2D eigenvalue weighted by Gasteiger charge is 2.18. The average molecular weight is 429 g/mol. The van der Waals surface area contributed by atoms with Gasteiger partial charge in [0.1, 0.15) is 11.4 Å². The monoisotopic (exact) mass is 429 g/mol. The summed E-state index contributed by atoms with van der Waals surface area (Å²) < 4.78 is 8.40. The zero-order valence-electron chi connectivity index (χ0n) is 18.1. The van der Waals surface area contributed by atoms with Gasteiger partial charge in [0.25, 0.3) is 5.91 Å². The van der Waals surface area contributed by atoms with Gasteiger partial charge in [-0.1, -0.05) is 48.0 Å². The third-order valence-electron chi connectivity index (χ3n) is 5.11. The lowest BCUT2D eigenvalue weighted by atomic mass is 10.1. The van der Waals surface area contributed by atoms with Gasteiger partial charge in [0.05, 0.1) is 17.6 Å². The van der Waals surface area contributed by atoms with E-state index in [0.717, 1.165) is 16.8 Å². The number of para-hydroxylation sites is 1. The van der Waals surface area contributed by atoms with Crippen molar-refractivity contribution in [1.29, 1.82) is 0 Å². The standard InChI is InChI=1S/C24H23N5O3/c1-16-9-11-18(12-10-16)21-13-22(29(27-21)19-7-5-4-6-8-19)26-23(30)15-32-24(31)20-14-25-28(3)17(20)2/h4-14H,15H2,1-3H3,(H,26,30). The Balaban J connectivity index is 1.54. The molecule has 0 saturated heterocycles. The number of benzene rings is 2. The Morgan fingerprint density at radius 3 is 2.41 bits per heavy atom. The SMILES string of the molecule is Cc1ccc(-c2cc(NC(=O)COC(=O)c3cnn(C)c3C)n(-c3ccccc3)n2)cc1. The number of carbonyl (C=O) groups excluding carboxylic acids is 2. The Morgan fingerprint density at radius 2 is 1.75 bits per heavy atom. The highest BCUT2D eigenvalue weighted by molar-refractivity contribution is 5.95. The fraction of sp³-hybridized carbons (Fsp3) is 0.167. The topological polar surface area (TPSA) is 91.0 Å². The summed E-state index contributed by atoms with van der Waals surface area (Å²) in [5, 5.41) is 11.5. The van der Waals surface area contributed by atoms with E-state index in [0.29, 0.717) is 22.8 Å². The molecule has 32 heavy (non-hydrogen) atoms. The van der Waals surface area contributed by atoms with Crippen molar-refractivity contribution < 1.29 is 14.3 Å². The van der Waals surface area contributed by atoms with Crippen LogP contribution in [0.3, 0.4) is 0 Å². The van der Waals surface area contributed by atoms with E-state index in [2.05, 4.69) is 15.5 Å². The first-order chi connectivity index (χ1) is 15.4. The number of nitrogens with zero attached hydrogens (tertiary/aromatic N) is 4. The van der Waals surface area contributed by atoms with Crippen molar-refractivity contribution >= 4 is 17.7 Å². The molecule has 8 nitrogen and oxygen atoms in total. The lowest BCUT2D eigenvalue weighted by molar-refractivity contribution is -0.119. The molecule has 0 spiro atoms. The quantitative estimate of drug-likeness (QED) is 0.472. The van der Waals surface area contributed by atoms with Gasteiger partial charge < -0.3 is 10.1 Å². The summed E-state index contributed by atoms with van der Waals surface area (Å²) in [5.74, 6) is -0.583. The van der Waals surface area contributed by atoms with E-state index in [1.807, 2.05) is 61.5 Å². The van der Waals surface area contributed by atoms with Crippen molar-refractivity contribution in [3.8, 4) is 16.9 Å². The van der Waals surface area contributed by atoms with Crippen molar-refractivity contribution in [1.82, 2.24) is 19.6 Å². The van der Waals surface area contributed by atoms with Crippen LogP contribution in [0.25, 0.3) is 16.9 Å². The highest BCUT2D eigenvalue weighted by Crippen LogP contribution is 2.25. The smallest absolute Gasteiger partial charge is 0.342 e. The molecule has 0 fully saturated rings. The Morgan fingerprint density at radius 1 is 1.03 bits per heavy atom. The van der Waals surface area contributed by atoms with E-state index >= 15 is 0 Å². The summed E-state index contributed by atoms with van der Waals surface area (Å²) in [6.07, 6.45) is 1.42. The number of aryl methyl sites for hydroxylation is 2. The summed E-state index contributed by atoms with van der Waals surface area (Å²) >= 11 is 0. The van der Waals surface area contributed by atoms with Crippen molar-refractivity contribution in [2.75, 3.05) is 11.9 Å².